The van der Waals surface area contributed by atoms with E-state index in [2.05, 4.69) is 64.8 Å². The number of hydrogen-bond donors (Lipinski definition) is 1. The summed E-state index contributed by atoms with van der Waals surface area (Å²) in [6, 6.07) is 23.4. The molecule has 3 heteroatoms. The van der Waals surface area contributed by atoms with E-state index in [1.165, 1.54) is 11.1 Å². The summed E-state index contributed by atoms with van der Waals surface area (Å²) in [7, 11) is 0. The molecule has 0 amide bonds. The highest BCUT2D eigenvalue weighted by Crippen LogP contribution is 2.30. The van der Waals surface area contributed by atoms with Crippen molar-refractivity contribution in [3.63, 3.8) is 0 Å². The van der Waals surface area contributed by atoms with E-state index in [0.717, 1.165) is 19.6 Å². The molecule has 3 nitrogen and oxygen atoms in total. The summed E-state index contributed by atoms with van der Waals surface area (Å²) >= 11 is 0. The summed E-state index contributed by atoms with van der Waals surface area (Å²) in [5.41, 5.74) is 2.48. The minimum atomic E-state index is -0.0934. The SMILES string of the molecule is N#C[C@@H]1CNCCN1C(c1ccccc1)c1ccccc1. The van der Waals surface area contributed by atoms with Gasteiger partial charge in [-0.1, -0.05) is 60.7 Å². The van der Waals surface area contributed by atoms with Crippen molar-refractivity contribution in [2.45, 2.75) is 12.1 Å². The number of nitrogens with zero attached hydrogens (tertiary/aromatic N) is 2. The normalized spacial score (nSPS) is 19.3. The summed E-state index contributed by atoms with van der Waals surface area (Å²) in [5.74, 6) is 0. The molecule has 2 aromatic carbocycles. The second-order valence-corrected chi connectivity index (χ2v) is 5.31. The Labute approximate surface area is 125 Å². The lowest BCUT2D eigenvalue weighted by Crippen LogP contribution is -2.52. The third-order valence-electron chi connectivity index (χ3n) is 4.00. The van der Waals surface area contributed by atoms with Gasteiger partial charge in [0.2, 0.25) is 0 Å². The molecular weight excluding hydrogens is 258 g/mol. The topological polar surface area (TPSA) is 39.1 Å². The van der Waals surface area contributed by atoms with E-state index >= 15 is 0 Å². The van der Waals surface area contributed by atoms with Crippen molar-refractivity contribution in [1.82, 2.24) is 10.2 Å². The van der Waals surface area contributed by atoms with Crippen LogP contribution in [0.2, 0.25) is 0 Å². The fourth-order valence-electron chi connectivity index (χ4n) is 2.99. The number of nitrogens with one attached hydrogen (secondary N) is 1. The smallest absolute Gasteiger partial charge is 0.111 e. The average Bonchev–Trinajstić information content (AvgIpc) is 2.58. The fraction of sp³-hybridized carbons (Fsp3) is 0.278. The molecule has 0 spiro atoms. The molecule has 2 aromatic rings. The molecule has 1 aliphatic heterocycles. The highest BCUT2D eigenvalue weighted by Gasteiger charge is 2.30. The minimum absolute atomic E-state index is 0.0934. The Morgan fingerprint density at radius 2 is 1.57 bits per heavy atom. The Balaban J connectivity index is 2.02. The molecule has 106 valence electrons. The van der Waals surface area contributed by atoms with Gasteiger partial charge >= 0.3 is 0 Å². The van der Waals surface area contributed by atoms with Crippen molar-refractivity contribution < 1.29 is 0 Å². The lowest BCUT2D eigenvalue weighted by Gasteiger charge is -2.38. The van der Waals surface area contributed by atoms with Gasteiger partial charge in [-0.25, -0.2) is 0 Å². The molecule has 1 N–H and O–H groups in total. The molecule has 0 saturated carbocycles. The van der Waals surface area contributed by atoms with Crippen molar-refractivity contribution in [2.24, 2.45) is 0 Å². The van der Waals surface area contributed by atoms with Gasteiger partial charge in [-0.2, -0.15) is 5.26 Å². The van der Waals surface area contributed by atoms with E-state index in [4.69, 9.17) is 0 Å². The summed E-state index contributed by atoms with van der Waals surface area (Å²) < 4.78 is 0. The van der Waals surface area contributed by atoms with Crippen LogP contribution in [0.3, 0.4) is 0 Å². The first kappa shape index (κ1) is 13.8. The molecule has 1 fully saturated rings. The van der Waals surface area contributed by atoms with Crippen LogP contribution in [0.4, 0.5) is 0 Å². The van der Waals surface area contributed by atoms with E-state index in [0.29, 0.717) is 0 Å². The van der Waals surface area contributed by atoms with Crippen molar-refractivity contribution in [3.8, 4) is 6.07 Å². The van der Waals surface area contributed by atoms with Gasteiger partial charge in [0.05, 0.1) is 12.1 Å². The quantitative estimate of drug-likeness (QED) is 0.937. The standard InChI is InChI=1S/C18H19N3/c19-13-17-14-20-11-12-21(17)18(15-7-3-1-4-8-15)16-9-5-2-6-10-16/h1-10,17-18,20H,11-12,14H2/t17-/m1/s1. The fourth-order valence-corrected chi connectivity index (χ4v) is 2.99. The zero-order chi connectivity index (χ0) is 14.5. The predicted molar refractivity (Wildman–Crippen MR) is 83.7 cm³/mol. The summed E-state index contributed by atoms with van der Waals surface area (Å²) in [5, 5.41) is 12.8. The number of hydrogen-bond acceptors (Lipinski definition) is 3. The molecular formula is C18H19N3. The summed E-state index contributed by atoms with van der Waals surface area (Å²) in [4.78, 5) is 2.31. The first-order valence-electron chi connectivity index (χ1n) is 7.36. The Kier molecular flexibility index (Phi) is 4.30. The van der Waals surface area contributed by atoms with Gasteiger partial charge in [-0.05, 0) is 11.1 Å². The number of piperazine rings is 1. The van der Waals surface area contributed by atoms with Gasteiger partial charge in [0.1, 0.15) is 6.04 Å². The molecule has 3 rings (SSSR count). The van der Waals surface area contributed by atoms with Crippen molar-refractivity contribution in [3.05, 3.63) is 71.8 Å². The molecule has 1 saturated heterocycles. The van der Waals surface area contributed by atoms with Gasteiger partial charge in [-0.3, -0.25) is 4.90 Å². The largest absolute Gasteiger partial charge is 0.313 e. The molecule has 0 radical (unpaired) electrons. The van der Waals surface area contributed by atoms with E-state index < -0.39 is 0 Å². The summed E-state index contributed by atoms with van der Waals surface area (Å²) in [6.45, 7) is 2.54. The van der Waals surface area contributed by atoms with Gasteiger partial charge in [-0.15, -0.1) is 0 Å². The maximum atomic E-state index is 9.47. The lowest BCUT2D eigenvalue weighted by atomic mass is 9.95. The van der Waals surface area contributed by atoms with Crippen LogP contribution in [0, 0.1) is 11.3 Å². The first-order valence-corrected chi connectivity index (χ1v) is 7.36. The Morgan fingerprint density at radius 3 is 2.10 bits per heavy atom. The third-order valence-corrected chi connectivity index (χ3v) is 4.00. The Hall–Kier alpha value is -2.15. The van der Waals surface area contributed by atoms with Crippen LogP contribution in [0.15, 0.2) is 60.7 Å². The van der Waals surface area contributed by atoms with Gasteiger partial charge in [0.15, 0.2) is 0 Å². The van der Waals surface area contributed by atoms with Gasteiger partial charge in [0.25, 0.3) is 0 Å². The zero-order valence-electron chi connectivity index (χ0n) is 11.9. The van der Waals surface area contributed by atoms with Crippen LogP contribution < -0.4 is 5.32 Å². The molecule has 0 aliphatic carbocycles. The molecule has 0 aromatic heterocycles. The number of nitriles is 1. The summed E-state index contributed by atoms with van der Waals surface area (Å²) in [6.07, 6.45) is 0. The number of benzene rings is 2. The Morgan fingerprint density at radius 1 is 1.00 bits per heavy atom. The van der Waals surface area contributed by atoms with Crippen LogP contribution in [0.25, 0.3) is 0 Å². The van der Waals surface area contributed by atoms with E-state index in [-0.39, 0.29) is 12.1 Å². The highest BCUT2D eigenvalue weighted by atomic mass is 15.2. The molecule has 0 unspecified atom stereocenters. The predicted octanol–water partition coefficient (Wildman–Crippen LogP) is 2.57. The number of rotatable bonds is 3. The Bertz CT molecular complexity index is 564. The van der Waals surface area contributed by atoms with Crippen LogP contribution >= 0.6 is 0 Å². The van der Waals surface area contributed by atoms with Crippen molar-refractivity contribution >= 4 is 0 Å². The molecule has 0 bridgehead atoms. The maximum absolute atomic E-state index is 9.47. The average molecular weight is 277 g/mol. The van der Waals surface area contributed by atoms with Crippen molar-refractivity contribution in [2.75, 3.05) is 19.6 Å². The van der Waals surface area contributed by atoms with Gasteiger partial charge < -0.3 is 5.32 Å². The molecule has 1 aliphatic rings. The monoisotopic (exact) mass is 277 g/mol. The minimum Gasteiger partial charge on any atom is -0.313 e. The van der Waals surface area contributed by atoms with Crippen LogP contribution in [0.1, 0.15) is 17.2 Å². The lowest BCUT2D eigenvalue weighted by molar-refractivity contribution is 0.158. The molecule has 1 atom stereocenters. The zero-order valence-corrected chi connectivity index (χ0v) is 11.9. The first-order chi connectivity index (χ1) is 10.4. The van der Waals surface area contributed by atoms with Crippen LogP contribution in [-0.2, 0) is 0 Å². The van der Waals surface area contributed by atoms with Crippen LogP contribution in [-0.4, -0.2) is 30.6 Å². The third kappa shape index (κ3) is 2.97. The van der Waals surface area contributed by atoms with Gasteiger partial charge in [0, 0.05) is 19.6 Å². The molecule has 1 heterocycles. The molecule has 21 heavy (non-hydrogen) atoms. The second-order valence-electron chi connectivity index (χ2n) is 5.31. The van der Waals surface area contributed by atoms with E-state index in [1.54, 1.807) is 0 Å². The maximum Gasteiger partial charge on any atom is 0.111 e. The van der Waals surface area contributed by atoms with Crippen LogP contribution in [0.5, 0.6) is 0 Å². The van der Waals surface area contributed by atoms with Crippen molar-refractivity contribution in [1.29, 1.82) is 5.26 Å². The van der Waals surface area contributed by atoms with E-state index in [1.807, 2.05) is 12.1 Å². The van der Waals surface area contributed by atoms with E-state index in [9.17, 15) is 5.26 Å². The second kappa shape index (κ2) is 6.53. The highest BCUT2D eigenvalue weighted by molar-refractivity contribution is 5.32.